The molecule has 1 aliphatic heterocycles. The molecule has 0 aliphatic carbocycles. The monoisotopic (exact) mass is 406 g/mol. The number of hydrogen-bond acceptors (Lipinski definition) is 6. The molecule has 1 amide bonds. The second kappa shape index (κ2) is 7.43. The van der Waals surface area contributed by atoms with Gasteiger partial charge < -0.3 is 18.9 Å². The summed E-state index contributed by atoms with van der Waals surface area (Å²) in [6.45, 7) is 0.193. The Kier molecular flexibility index (Phi) is 5.08. The number of hydrogen-bond donors (Lipinski definition) is 1. The summed E-state index contributed by atoms with van der Waals surface area (Å²) in [6.07, 6.45) is 1.52. The van der Waals surface area contributed by atoms with Crippen LogP contribution in [0.4, 0.5) is 0 Å². The number of methoxy groups -OCH3 is 2. The van der Waals surface area contributed by atoms with Crippen molar-refractivity contribution in [1.29, 1.82) is 0 Å². The van der Waals surface area contributed by atoms with E-state index in [1.807, 2.05) is 0 Å². The molecule has 25 heavy (non-hydrogen) atoms. The maximum Gasteiger partial charge on any atom is 0.271 e. The fraction of sp³-hybridized carbons (Fsp3) is 0.176. The van der Waals surface area contributed by atoms with E-state index in [1.54, 1.807) is 30.3 Å². The zero-order valence-corrected chi connectivity index (χ0v) is 15.1. The molecule has 7 nitrogen and oxygen atoms in total. The molecule has 1 aliphatic rings. The van der Waals surface area contributed by atoms with Crippen molar-refractivity contribution in [2.75, 3.05) is 21.0 Å². The molecular formula is C17H15BrN2O5. The van der Waals surface area contributed by atoms with Gasteiger partial charge in [0.05, 0.1) is 20.4 Å². The van der Waals surface area contributed by atoms with Crippen LogP contribution in [0.3, 0.4) is 0 Å². The number of amides is 1. The van der Waals surface area contributed by atoms with Crippen molar-refractivity contribution in [3.8, 4) is 23.0 Å². The van der Waals surface area contributed by atoms with Crippen molar-refractivity contribution in [2.24, 2.45) is 5.10 Å². The van der Waals surface area contributed by atoms with Crippen molar-refractivity contribution in [2.45, 2.75) is 0 Å². The number of carbonyl (C=O) groups excluding carboxylic acids is 1. The topological polar surface area (TPSA) is 78.4 Å². The number of nitrogens with zero attached hydrogens (tertiary/aromatic N) is 1. The maximum absolute atomic E-state index is 12.2. The van der Waals surface area contributed by atoms with Gasteiger partial charge in [-0.15, -0.1) is 0 Å². The summed E-state index contributed by atoms with van der Waals surface area (Å²) in [5.74, 6) is 1.95. The summed E-state index contributed by atoms with van der Waals surface area (Å²) >= 11 is 3.43. The molecule has 0 fully saturated rings. The van der Waals surface area contributed by atoms with Crippen LogP contribution in [-0.2, 0) is 0 Å². The van der Waals surface area contributed by atoms with E-state index in [2.05, 4.69) is 26.5 Å². The average Bonchev–Trinajstić information content (AvgIpc) is 3.08. The highest BCUT2D eigenvalue weighted by Gasteiger charge is 2.15. The number of hydrazone groups is 1. The van der Waals surface area contributed by atoms with Gasteiger partial charge in [-0.1, -0.05) is 0 Å². The van der Waals surface area contributed by atoms with Crippen LogP contribution >= 0.6 is 15.9 Å². The first-order valence-corrected chi connectivity index (χ1v) is 8.06. The molecule has 0 unspecified atom stereocenters. The highest BCUT2D eigenvalue weighted by molar-refractivity contribution is 9.10. The lowest BCUT2D eigenvalue weighted by Gasteiger charge is -2.08. The van der Waals surface area contributed by atoms with Gasteiger partial charge in [-0.2, -0.15) is 5.10 Å². The molecule has 8 heteroatoms. The third-order valence-corrected chi connectivity index (χ3v) is 4.19. The fourth-order valence-electron chi connectivity index (χ4n) is 2.23. The number of rotatable bonds is 5. The Labute approximate surface area is 152 Å². The van der Waals surface area contributed by atoms with Gasteiger partial charge in [0.25, 0.3) is 5.91 Å². The first-order valence-electron chi connectivity index (χ1n) is 7.27. The quantitative estimate of drug-likeness (QED) is 0.609. The van der Waals surface area contributed by atoms with E-state index < -0.39 is 0 Å². The molecule has 1 heterocycles. The van der Waals surface area contributed by atoms with Crippen molar-refractivity contribution >= 4 is 28.1 Å². The zero-order chi connectivity index (χ0) is 17.8. The third-order valence-electron chi connectivity index (χ3n) is 3.51. The van der Waals surface area contributed by atoms with Gasteiger partial charge >= 0.3 is 0 Å². The number of ether oxygens (including phenoxy) is 4. The molecule has 0 bridgehead atoms. The normalized spacial score (nSPS) is 12.3. The van der Waals surface area contributed by atoms with Crippen molar-refractivity contribution in [1.82, 2.24) is 5.43 Å². The van der Waals surface area contributed by atoms with Gasteiger partial charge in [-0.25, -0.2) is 5.43 Å². The smallest absolute Gasteiger partial charge is 0.271 e. The SMILES string of the molecule is COc1ccc(C(=O)N/N=C\c2cc3c(cc2Br)OCO3)cc1OC. The Morgan fingerprint density at radius 3 is 2.60 bits per heavy atom. The summed E-state index contributed by atoms with van der Waals surface area (Å²) < 4.78 is 21.7. The molecule has 3 rings (SSSR count). The molecule has 1 N–H and O–H groups in total. The maximum atomic E-state index is 12.2. The molecule has 2 aromatic rings. The predicted octanol–water partition coefficient (Wildman–Crippen LogP) is 2.96. The lowest BCUT2D eigenvalue weighted by atomic mass is 10.2. The summed E-state index contributed by atoms with van der Waals surface area (Å²) in [4.78, 5) is 12.2. The minimum absolute atomic E-state index is 0.193. The minimum Gasteiger partial charge on any atom is -0.493 e. The van der Waals surface area contributed by atoms with Gasteiger partial charge in [-0.3, -0.25) is 4.79 Å². The Balaban J connectivity index is 1.71. The minimum atomic E-state index is -0.367. The Hall–Kier alpha value is -2.74. The van der Waals surface area contributed by atoms with Gasteiger partial charge in [0.15, 0.2) is 23.0 Å². The molecule has 2 aromatic carbocycles. The predicted molar refractivity (Wildman–Crippen MR) is 94.9 cm³/mol. The lowest BCUT2D eigenvalue weighted by Crippen LogP contribution is -2.17. The van der Waals surface area contributed by atoms with Crippen LogP contribution in [-0.4, -0.2) is 33.1 Å². The molecule has 0 spiro atoms. The molecule has 0 saturated carbocycles. The second-order valence-electron chi connectivity index (χ2n) is 5.00. The highest BCUT2D eigenvalue weighted by Crippen LogP contribution is 2.36. The average molecular weight is 407 g/mol. The summed E-state index contributed by atoms with van der Waals surface area (Å²) in [5.41, 5.74) is 3.62. The van der Waals surface area contributed by atoms with Crippen LogP contribution in [0, 0.1) is 0 Å². The van der Waals surface area contributed by atoms with Gasteiger partial charge in [0, 0.05) is 15.6 Å². The molecular weight excluding hydrogens is 392 g/mol. The fourth-order valence-corrected chi connectivity index (χ4v) is 2.66. The molecule has 0 saturated heterocycles. The van der Waals surface area contributed by atoms with E-state index in [4.69, 9.17) is 18.9 Å². The first kappa shape index (κ1) is 17.1. The Morgan fingerprint density at radius 1 is 1.16 bits per heavy atom. The van der Waals surface area contributed by atoms with Gasteiger partial charge in [0.1, 0.15) is 0 Å². The van der Waals surface area contributed by atoms with E-state index in [-0.39, 0.29) is 12.7 Å². The zero-order valence-electron chi connectivity index (χ0n) is 13.5. The van der Waals surface area contributed by atoms with Crippen LogP contribution in [0.2, 0.25) is 0 Å². The van der Waals surface area contributed by atoms with E-state index in [0.29, 0.717) is 28.6 Å². The van der Waals surface area contributed by atoms with Crippen LogP contribution in [0.15, 0.2) is 39.9 Å². The number of benzene rings is 2. The van der Waals surface area contributed by atoms with E-state index in [0.717, 1.165) is 10.0 Å². The van der Waals surface area contributed by atoms with Gasteiger partial charge in [0.2, 0.25) is 6.79 Å². The Bertz CT molecular complexity index is 838. The van der Waals surface area contributed by atoms with Crippen molar-refractivity contribution < 1.29 is 23.7 Å². The second-order valence-corrected chi connectivity index (χ2v) is 5.85. The molecule has 0 aromatic heterocycles. The van der Waals surface area contributed by atoms with Crippen LogP contribution in [0.25, 0.3) is 0 Å². The third kappa shape index (κ3) is 3.69. The number of nitrogens with one attached hydrogen (secondary N) is 1. The first-order chi connectivity index (χ1) is 12.1. The molecule has 0 radical (unpaired) electrons. The lowest BCUT2D eigenvalue weighted by molar-refractivity contribution is 0.0954. The van der Waals surface area contributed by atoms with E-state index >= 15 is 0 Å². The van der Waals surface area contributed by atoms with E-state index in [1.165, 1.54) is 20.4 Å². The summed E-state index contributed by atoms with van der Waals surface area (Å²) in [5, 5.41) is 3.98. The number of carbonyl (C=O) groups is 1. The van der Waals surface area contributed by atoms with Crippen LogP contribution in [0.1, 0.15) is 15.9 Å². The van der Waals surface area contributed by atoms with E-state index in [9.17, 15) is 4.79 Å². The van der Waals surface area contributed by atoms with Crippen molar-refractivity contribution in [3.63, 3.8) is 0 Å². The summed E-state index contributed by atoms with van der Waals surface area (Å²) in [7, 11) is 3.04. The molecule has 130 valence electrons. The standard InChI is InChI=1S/C17H15BrN2O5/c1-22-13-4-3-10(5-14(13)23-2)17(21)20-19-8-11-6-15-16(7-12(11)18)25-9-24-15/h3-8H,9H2,1-2H3,(H,20,21)/b19-8-. The molecule has 0 atom stereocenters. The summed E-state index contributed by atoms with van der Waals surface area (Å²) in [6, 6.07) is 8.44. The number of halogens is 1. The van der Waals surface area contributed by atoms with Crippen LogP contribution in [0.5, 0.6) is 23.0 Å². The largest absolute Gasteiger partial charge is 0.493 e. The van der Waals surface area contributed by atoms with Crippen molar-refractivity contribution in [3.05, 3.63) is 45.9 Å². The highest BCUT2D eigenvalue weighted by atomic mass is 79.9. The Morgan fingerprint density at radius 2 is 1.88 bits per heavy atom. The van der Waals surface area contributed by atoms with Crippen LogP contribution < -0.4 is 24.4 Å². The number of fused-ring (bicyclic) bond motifs is 1. The van der Waals surface area contributed by atoms with Gasteiger partial charge in [-0.05, 0) is 46.3 Å².